The summed E-state index contributed by atoms with van der Waals surface area (Å²) in [5, 5.41) is 3.21. The summed E-state index contributed by atoms with van der Waals surface area (Å²) < 4.78 is 25.0. The molecule has 7 heteroatoms. The van der Waals surface area contributed by atoms with Crippen molar-refractivity contribution in [2.45, 2.75) is 25.0 Å². The molecule has 3 heterocycles. The molecule has 0 saturated carbocycles. The lowest BCUT2D eigenvalue weighted by atomic mass is 10.0. The SMILES string of the molecule is O=C(c1ccc(NCCc2ccccc2F)cn1)N1CCC2(CC1)OCCO2. The van der Waals surface area contributed by atoms with E-state index >= 15 is 0 Å². The Bertz CT molecular complexity index is 812. The van der Waals surface area contributed by atoms with Crippen LogP contribution < -0.4 is 5.32 Å². The van der Waals surface area contributed by atoms with Crippen molar-refractivity contribution < 1.29 is 18.7 Å². The minimum atomic E-state index is -0.490. The average Bonchev–Trinajstić information content (AvgIpc) is 3.18. The van der Waals surface area contributed by atoms with E-state index in [1.54, 1.807) is 29.3 Å². The zero-order valence-corrected chi connectivity index (χ0v) is 15.7. The standard InChI is InChI=1S/C21H24FN3O3/c22-18-4-2-1-3-16(18)7-10-23-17-5-6-19(24-15-17)20(26)25-11-8-21(9-12-25)27-13-14-28-21/h1-6,15,23H,7-14H2. The normalized spacial score (nSPS) is 18.4. The van der Waals surface area contributed by atoms with E-state index in [1.165, 1.54) is 6.07 Å². The molecule has 1 N–H and O–H groups in total. The number of piperidine rings is 1. The predicted molar refractivity (Wildman–Crippen MR) is 103 cm³/mol. The van der Waals surface area contributed by atoms with Crippen LogP contribution in [-0.4, -0.2) is 54.4 Å². The van der Waals surface area contributed by atoms with E-state index in [0.29, 0.717) is 63.4 Å². The molecule has 2 aliphatic rings. The summed E-state index contributed by atoms with van der Waals surface area (Å²) in [7, 11) is 0. The van der Waals surface area contributed by atoms with Crippen molar-refractivity contribution in [3.63, 3.8) is 0 Å². The molecule has 1 aromatic carbocycles. The first kappa shape index (κ1) is 18.8. The molecule has 2 saturated heterocycles. The van der Waals surface area contributed by atoms with E-state index in [-0.39, 0.29) is 11.7 Å². The number of nitrogens with zero attached hydrogens (tertiary/aromatic N) is 2. The van der Waals surface area contributed by atoms with Crippen molar-refractivity contribution in [3.8, 4) is 0 Å². The van der Waals surface area contributed by atoms with Crippen molar-refractivity contribution in [2.75, 3.05) is 38.2 Å². The van der Waals surface area contributed by atoms with Gasteiger partial charge in [-0.3, -0.25) is 4.79 Å². The van der Waals surface area contributed by atoms with E-state index in [0.717, 1.165) is 5.69 Å². The Morgan fingerprint density at radius 1 is 1.14 bits per heavy atom. The Morgan fingerprint density at radius 3 is 2.57 bits per heavy atom. The fourth-order valence-corrected chi connectivity index (χ4v) is 3.67. The van der Waals surface area contributed by atoms with Crippen LogP contribution in [0.15, 0.2) is 42.6 Å². The van der Waals surface area contributed by atoms with Gasteiger partial charge in [0.05, 0.1) is 25.1 Å². The monoisotopic (exact) mass is 385 g/mol. The van der Waals surface area contributed by atoms with Crippen LogP contribution in [0.5, 0.6) is 0 Å². The number of anilines is 1. The number of ether oxygens (including phenoxy) is 2. The second-order valence-electron chi connectivity index (χ2n) is 7.10. The maximum Gasteiger partial charge on any atom is 0.272 e. The highest BCUT2D eigenvalue weighted by Gasteiger charge is 2.40. The van der Waals surface area contributed by atoms with Crippen LogP contribution in [0.2, 0.25) is 0 Å². The summed E-state index contributed by atoms with van der Waals surface area (Å²) >= 11 is 0. The van der Waals surface area contributed by atoms with E-state index in [2.05, 4.69) is 10.3 Å². The molecule has 1 amide bonds. The number of rotatable bonds is 5. The van der Waals surface area contributed by atoms with Crippen molar-refractivity contribution in [1.82, 2.24) is 9.88 Å². The van der Waals surface area contributed by atoms with Gasteiger partial charge in [-0.15, -0.1) is 0 Å². The molecule has 0 atom stereocenters. The number of likely N-dealkylation sites (tertiary alicyclic amines) is 1. The Kier molecular flexibility index (Phi) is 5.54. The number of nitrogens with one attached hydrogen (secondary N) is 1. The van der Waals surface area contributed by atoms with Gasteiger partial charge >= 0.3 is 0 Å². The number of amides is 1. The Balaban J connectivity index is 1.28. The highest BCUT2D eigenvalue weighted by molar-refractivity contribution is 5.92. The minimum absolute atomic E-state index is 0.0780. The van der Waals surface area contributed by atoms with Crippen LogP contribution in [0.3, 0.4) is 0 Å². The second kappa shape index (κ2) is 8.24. The lowest BCUT2D eigenvalue weighted by Gasteiger charge is -2.37. The Hall–Kier alpha value is -2.51. The summed E-state index contributed by atoms with van der Waals surface area (Å²) in [4.78, 5) is 18.8. The van der Waals surface area contributed by atoms with Crippen molar-refractivity contribution in [2.24, 2.45) is 0 Å². The van der Waals surface area contributed by atoms with Crippen molar-refractivity contribution in [3.05, 3.63) is 59.7 Å². The first-order valence-corrected chi connectivity index (χ1v) is 9.66. The first-order valence-electron chi connectivity index (χ1n) is 9.66. The molecular weight excluding hydrogens is 361 g/mol. The number of aromatic nitrogens is 1. The van der Waals surface area contributed by atoms with Gasteiger partial charge in [0.15, 0.2) is 5.79 Å². The number of hydrogen-bond acceptors (Lipinski definition) is 5. The topological polar surface area (TPSA) is 63.7 Å². The average molecular weight is 385 g/mol. The molecular formula is C21H24FN3O3. The molecule has 148 valence electrons. The number of hydrogen-bond donors (Lipinski definition) is 1. The van der Waals surface area contributed by atoms with Gasteiger partial charge in [0, 0.05) is 32.5 Å². The van der Waals surface area contributed by atoms with Crippen LogP contribution >= 0.6 is 0 Å². The molecule has 0 aliphatic carbocycles. The van der Waals surface area contributed by atoms with Crippen molar-refractivity contribution >= 4 is 11.6 Å². The highest BCUT2D eigenvalue weighted by Crippen LogP contribution is 2.31. The van der Waals surface area contributed by atoms with Crippen LogP contribution in [-0.2, 0) is 15.9 Å². The second-order valence-corrected chi connectivity index (χ2v) is 7.10. The zero-order chi connectivity index (χ0) is 19.4. The van der Waals surface area contributed by atoms with Crippen LogP contribution in [0.1, 0.15) is 28.9 Å². The van der Waals surface area contributed by atoms with E-state index in [4.69, 9.17) is 9.47 Å². The van der Waals surface area contributed by atoms with Gasteiger partial charge in [0.2, 0.25) is 0 Å². The van der Waals surface area contributed by atoms with Gasteiger partial charge in [-0.1, -0.05) is 18.2 Å². The van der Waals surface area contributed by atoms with E-state index in [9.17, 15) is 9.18 Å². The highest BCUT2D eigenvalue weighted by atomic mass is 19.1. The van der Waals surface area contributed by atoms with E-state index < -0.39 is 5.79 Å². The molecule has 0 bridgehead atoms. The van der Waals surface area contributed by atoms with E-state index in [1.807, 2.05) is 12.1 Å². The summed E-state index contributed by atoms with van der Waals surface area (Å²) in [6.45, 7) is 3.04. The van der Waals surface area contributed by atoms with Crippen LogP contribution in [0, 0.1) is 5.82 Å². The molecule has 0 radical (unpaired) electrons. The fraction of sp³-hybridized carbons (Fsp3) is 0.429. The molecule has 2 aromatic rings. The van der Waals surface area contributed by atoms with Gasteiger partial charge in [-0.25, -0.2) is 9.37 Å². The number of carbonyl (C=O) groups is 1. The minimum Gasteiger partial charge on any atom is -0.383 e. The molecule has 28 heavy (non-hydrogen) atoms. The Labute approximate surface area is 163 Å². The van der Waals surface area contributed by atoms with Crippen LogP contribution in [0.4, 0.5) is 10.1 Å². The lowest BCUT2D eigenvalue weighted by Crippen LogP contribution is -2.47. The zero-order valence-electron chi connectivity index (χ0n) is 15.7. The molecule has 1 spiro atoms. The van der Waals surface area contributed by atoms with Crippen LogP contribution in [0.25, 0.3) is 0 Å². The summed E-state index contributed by atoms with van der Waals surface area (Å²) in [6, 6.07) is 10.3. The molecule has 6 nitrogen and oxygen atoms in total. The fourth-order valence-electron chi connectivity index (χ4n) is 3.67. The van der Waals surface area contributed by atoms with Crippen molar-refractivity contribution in [1.29, 1.82) is 0 Å². The smallest absolute Gasteiger partial charge is 0.272 e. The first-order chi connectivity index (χ1) is 13.7. The molecule has 0 unspecified atom stereocenters. The van der Waals surface area contributed by atoms with Gasteiger partial charge in [-0.05, 0) is 30.2 Å². The van der Waals surface area contributed by atoms with Gasteiger partial charge in [0.25, 0.3) is 5.91 Å². The predicted octanol–water partition coefficient (Wildman–Crippen LogP) is 2.85. The number of halogens is 1. The molecule has 1 aromatic heterocycles. The summed E-state index contributed by atoms with van der Waals surface area (Å²) in [5.41, 5.74) is 1.90. The number of pyridine rings is 1. The van der Waals surface area contributed by atoms with Gasteiger partial charge < -0.3 is 19.7 Å². The maximum absolute atomic E-state index is 13.6. The third kappa shape index (κ3) is 4.15. The quantitative estimate of drug-likeness (QED) is 0.858. The molecule has 2 aliphatic heterocycles. The number of benzene rings is 1. The van der Waals surface area contributed by atoms with Gasteiger partial charge in [0.1, 0.15) is 11.5 Å². The third-order valence-corrected chi connectivity index (χ3v) is 5.29. The third-order valence-electron chi connectivity index (χ3n) is 5.29. The molecule has 4 rings (SSSR count). The largest absolute Gasteiger partial charge is 0.383 e. The van der Waals surface area contributed by atoms with Gasteiger partial charge in [-0.2, -0.15) is 0 Å². The Morgan fingerprint density at radius 2 is 1.89 bits per heavy atom. The summed E-state index contributed by atoms with van der Waals surface area (Å²) in [5.74, 6) is -0.762. The lowest BCUT2D eigenvalue weighted by molar-refractivity contribution is -0.181. The summed E-state index contributed by atoms with van der Waals surface area (Å²) in [6.07, 6.45) is 3.60. The number of carbonyl (C=O) groups excluding carboxylic acids is 1. The molecule has 2 fully saturated rings. The maximum atomic E-state index is 13.6.